The molecule has 0 saturated carbocycles. The van der Waals surface area contributed by atoms with E-state index in [-0.39, 0.29) is 0 Å². The lowest BCUT2D eigenvalue weighted by atomic mass is 10.3. The maximum absolute atomic E-state index is 6.08. The summed E-state index contributed by atoms with van der Waals surface area (Å²) in [5.41, 5.74) is 1.08. The summed E-state index contributed by atoms with van der Waals surface area (Å²) in [6.07, 6.45) is 2.51. The Morgan fingerprint density at radius 1 is 1.08 bits per heavy atom. The van der Waals surface area contributed by atoms with Crippen molar-refractivity contribution >= 4 is 28.9 Å². The van der Waals surface area contributed by atoms with Gasteiger partial charge in [-0.1, -0.05) is 23.2 Å². The minimum absolute atomic E-state index is 0.756. The lowest BCUT2D eigenvalue weighted by Crippen LogP contribution is -2.17. The van der Waals surface area contributed by atoms with Crippen molar-refractivity contribution in [1.29, 1.82) is 0 Å². The van der Waals surface area contributed by atoms with E-state index < -0.39 is 0 Å². The zero-order chi connectivity index (χ0) is 9.26. The first-order valence-electron chi connectivity index (χ1n) is 4.47. The maximum atomic E-state index is 6.08. The highest BCUT2D eigenvalue weighted by Crippen LogP contribution is 2.31. The molecule has 0 unspecified atom stereocenters. The monoisotopic (exact) mass is 215 g/mol. The Labute approximate surface area is 88.3 Å². The summed E-state index contributed by atoms with van der Waals surface area (Å²) in [5.74, 6) is 0. The van der Waals surface area contributed by atoms with Crippen LogP contribution in [0.15, 0.2) is 18.2 Å². The predicted molar refractivity (Wildman–Crippen MR) is 57.9 cm³/mol. The van der Waals surface area contributed by atoms with Gasteiger partial charge in [0.2, 0.25) is 0 Å². The molecule has 1 saturated heterocycles. The average molecular weight is 216 g/mol. The molecule has 1 aliphatic rings. The summed E-state index contributed by atoms with van der Waals surface area (Å²) >= 11 is 12.0. The molecule has 13 heavy (non-hydrogen) atoms. The van der Waals surface area contributed by atoms with Gasteiger partial charge in [-0.2, -0.15) is 0 Å². The minimum atomic E-state index is 0.756. The van der Waals surface area contributed by atoms with E-state index in [9.17, 15) is 0 Å². The second-order valence-corrected chi connectivity index (χ2v) is 4.13. The number of anilines is 1. The molecule has 3 heteroatoms. The fourth-order valence-corrected chi connectivity index (χ4v) is 2.09. The Morgan fingerprint density at radius 2 is 1.77 bits per heavy atom. The van der Waals surface area contributed by atoms with E-state index in [0.717, 1.165) is 28.8 Å². The highest BCUT2D eigenvalue weighted by atomic mass is 35.5. The van der Waals surface area contributed by atoms with Crippen LogP contribution in [0.3, 0.4) is 0 Å². The quantitative estimate of drug-likeness (QED) is 0.693. The van der Waals surface area contributed by atoms with Crippen LogP contribution in [0.4, 0.5) is 5.69 Å². The van der Waals surface area contributed by atoms with Crippen LogP contribution in [0.1, 0.15) is 12.8 Å². The number of nitrogens with zero attached hydrogens (tertiary/aromatic N) is 1. The molecule has 0 bridgehead atoms. The molecule has 2 rings (SSSR count). The van der Waals surface area contributed by atoms with E-state index in [1.165, 1.54) is 12.8 Å². The fraction of sp³-hybridized carbons (Fsp3) is 0.400. The van der Waals surface area contributed by atoms with Gasteiger partial charge in [-0.3, -0.25) is 0 Å². The Bertz CT molecular complexity index is 306. The second-order valence-electron chi connectivity index (χ2n) is 3.29. The Morgan fingerprint density at radius 3 is 2.46 bits per heavy atom. The van der Waals surface area contributed by atoms with E-state index >= 15 is 0 Å². The van der Waals surface area contributed by atoms with Crippen LogP contribution in [0.5, 0.6) is 0 Å². The number of hydrogen-bond donors (Lipinski definition) is 0. The minimum Gasteiger partial charge on any atom is -0.370 e. The third-order valence-electron chi connectivity index (χ3n) is 2.35. The van der Waals surface area contributed by atoms with Crippen LogP contribution in [-0.2, 0) is 0 Å². The topological polar surface area (TPSA) is 3.24 Å². The zero-order valence-electron chi connectivity index (χ0n) is 7.26. The molecule has 0 atom stereocenters. The van der Waals surface area contributed by atoms with Crippen molar-refractivity contribution in [2.75, 3.05) is 18.0 Å². The normalized spacial score (nSPS) is 16.6. The lowest BCUT2D eigenvalue weighted by molar-refractivity contribution is 0.949. The largest absolute Gasteiger partial charge is 0.370 e. The Hall–Kier alpha value is -0.400. The van der Waals surface area contributed by atoms with Crippen LogP contribution in [-0.4, -0.2) is 13.1 Å². The first kappa shape index (κ1) is 9.17. The first-order chi connectivity index (χ1) is 6.27. The van der Waals surface area contributed by atoms with Gasteiger partial charge in [-0.15, -0.1) is 0 Å². The van der Waals surface area contributed by atoms with Crippen LogP contribution >= 0.6 is 23.2 Å². The van der Waals surface area contributed by atoms with Crippen molar-refractivity contribution in [3.63, 3.8) is 0 Å². The van der Waals surface area contributed by atoms with E-state index in [1.807, 2.05) is 18.2 Å². The molecule has 0 amide bonds. The molecule has 70 valence electrons. The van der Waals surface area contributed by atoms with Crippen molar-refractivity contribution in [3.05, 3.63) is 28.2 Å². The highest BCUT2D eigenvalue weighted by molar-refractivity contribution is 6.35. The van der Waals surface area contributed by atoms with Gasteiger partial charge < -0.3 is 4.90 Å². The Balaban J connectivity index is 2.32. The van der Waals surface area contributed by atoms with Crippen LogP contribution in [0, 0.1) is 0 Å². The number of benzene rings is 1. The fourth-order valence-electron chi connectivity index (χ4n) is 1.69. The molecule has 1 heterocycles. The predicted octanol–water partition coefficient (Wildman–Crippen LogP) is 3.59. The van der Waals surface area contributed by atoms with E-state index in [4.69, 9.17) is 23.2 Å². The first-order valence-corrected chi connectivity index (χ1v) is 5.23. The number of hydrogen-bond acceptors (Lipinski definition) is 1. The van der Waals surface area contributed by atoms with Crippen molar-refractivity contribution in [2.24, 2.45) is 0 Å². The van der Waals surface area contributed by atoms with E-state index in [2.05, 4.69) is 4.90 Å². The molecule has 0 aliphatic carbocycles. The van der Waals surface area contributed by atoms with Crippen molar-refractivity contribution in [2.45, 2.75) is 12.8 Å². The van der Waals surface area contributed by atoms with Crippen molar-refractivity contribution in [1.82, 2.24) is 0 Å². The molecule has 1 aromatic rings. The van der Waals surface area contributed by atoms with Gasteiger partial charge >= 0.3 is 0 Å². The van der Waals surface area contributed by atoms with Gasteiger partial charge in [0.1, 0.15) is 0 Å². The number of rotatable bonds is 1. The molecular formula is C10H11Cl2N. The van der Waals surface area contributed by atoms with Crippen molar-refractivity contribution < 1.29 is 0 Å². The second kappa shape index (κ2) is 3.77. The summed E-state index contributed by atoms with van der Waals surface area (Å²) in [5, 5.41) is 1.55. The molecule has 0 N–H and O–H groups in total. The summed E-state index contributed by atoms with van der Waals surface area (Å²) in [7, 11) is 0. The molecule has 0 aromatic heterocycles. The molecule has 0 radical (unpaired) electrons. The van der Waals surface area contributed by atoms with Gasteiger partial charge in [-0.25, -0.2) is 0 Å². The lowest BCUT2D eigenvalue weighted by Gasteiger charge is -2.19. The Kier molecular flexibility index (Phi) is 2.66. The third kappa shape index (κ3) is 1.92. The highest BCUT2D eigenvalue weighted by Gasteiger charge is 2.14. The van der Waals surface area contributed by atoms with Gasteiger partial charge in [0, 0.05) is 18.1 Å². The molecule has 0 spiro atoms. The van der Waals surface area contributed by atoms with Gasteiger partial charge in [0.15, 0.2) is 0 Å². The van der Waals surface area contributed by atoms with Gasteiger partial charge in [0.05, 0.1) is 10.7 Å². The van der Waals surface area contributed by atoms with Crippen molar-refractivity contribution in [3.8, 4) is 0 Å². The smallest absolute Gasteiger partial charge is 0.0640 e. The molecule has 1 fully saturated rings. The summed E-state index contributed by atoms with van der Waals surface area (Å²) in [6.45, 7) is 2.19. The SMILES string of the molecule is Clc1ccc(Cl)c(N2CCCC2)c1. The summed E-state index contributed by atoms with van der Waals surface area (Å²) in [6, 6.07) is 5.62. The molecular weight excluding hydrogens is 205 g/mol. The van der Waals surface area contributed by atoms with Crippen LogP contribution < -0.4 is 4.90 Å². The zero-order valence-corrected chi connectivity index (χ0v) is 8.78. The third-order valence-corrected chi connectivity index (χ3v) is 2.91. The van der Waals surface area contributed by atoms with Crippen LogP contribution in [0.25, 0.3) is 0 Å². The van der Waals surface area contributed by atoms with Gasteiger partial charge in [-0.05, 0) is 31.0 Å². The summed E-state index contributed by atoms with van der Waals surface area (Å²) < 4.78 is 0. The van der Waals surface area contributed by atoms with Crippen LogP contribution in [0.2, 0.25) is 10.0 Å². The molecule has 1 aromatic carbocycles. The maximum Gasteiger partial charge on any atom is 0.0640 e. The van der Waals surface area contributed by atoms with Gasteiger partial charge in [0.25, 0.3) is 0 Å². The molecule has 1 nitrogen and oxygen atoms in total. The van der Waals surface area contributed by atoms with E-state index in [1.54, 1.807) is 0 Å². The van der Waals surface area contributed by atoms with E-state index in [0.29, 0.717) is 0 Å². The number of halogens is 2. The summed E-state index contributed by atoms with van der Waals surface area (Å²) in [4.78, 5) is 2.29. The standard InChI is InChI=1S/C10H11Cl2N/c11-8-3-4-9(12)10(7-8)13-5-1-2-6-13/h3-4,7H,1-2,5-6H2. The molecule has 1 aliphatic heterocycles. The average Bonchev–Trinajstić information content (AvgIpc) is 2.61.